The van der Waals surface area contributed by atoms with Crippen LogP contribution in [0.15, 0.2) is 36.5 Å². The average molecular weight is 751 g/mol. The van der Waals surface area contributed by atoms with E-state index in [0.717, 1.165) is 37.7 Å². The maximum atomic E-state index is 15.0. The number of ether oxygens (including phenoxy) is 2. The Hall–Kier alpha value is -4.41. The summed E-state index contributed by atoms with van der Waals surface area (Å²) >= 11 is 0. The molecule has 3 aliphatic heterocycles. The lowest BCUT2D eigenvalue weighted by Crippen LogP contribution is -2.64. The number of aliphatic hydroxyl groups is 1. The Morgan fingerprint density at radius 3 is 2.24 bits per heavy atom. The van der Waals surface area contributed by atoms with E-state index < -0.39 is 64.3 Å². The van der Waals surface area contributed by atoms with Gasteiger partial charge in [0.25, 0.3) is 5.91 Å². The van der Waals surface area contributed by atoms with Crippen LogP contribution in [0.2, 0.25) is 0 Å². The zero-order chi connectivity index (χ0) is 38.5. The van der Waals surface area contributed by atoms with Crippen molar-refractivity contribution < 1.29 is 38.6 Å². The van der Waals surface area contributed by atoms with E-state index in [1.165, 1.54) is 15.8 Å². The van der Waals surface area contributed by atoms with Crippen LogP contribution in [0.4, 0.5) is 4.79 Å². The highest BCUT2D eigenvalue weighted by atomic mass is 16.5. The SMILES string of the molecule is CC(C)(O)c1cnnn1[C@H]1C[C@@H](C(=O)NC2(C(=O)C(N)=O)CCOCC2)N(C(=O)C(CC2CCCCC2)NC(=O)NC2(c3ccccc3)CCOCC2)C1. The standard InChI is InChI=1S/C38H54N8O8/c1-36(2,52)30-23-40-44-46(30)27-22-29(33(49)42-38(31(47)32(39)48)15-19-54-20-16-38)45(24-27)34(50)28(21-25-9-5-3-6-10-25)41-35(51)43-37(13-17-53-18-14-37)26-11-7-4-8-12-26/h4,7-8,11-12,23,25,27-29,52H,3,5-6,9-10,13-22,24H2,1-2H3,(H2,39,48)(H,42,49)(H2,41,43,51)/t27-,28?,29-/m0/s1. The number of benzene rings is 1. The summed E-state index contributed by atoms with van der Waals surface area (Å²) in [7, 11) is 0. The zero-order valence-electron chi connectivity index (χ0n) is 31.3. The molecule has 2 aromatic rings. The molecule has 4 fully saturated rings. The summed E-state index contributed by atoms with van der Waals surface area (Å²) in [5.41, 5.74) is 3.17. The quantitative estimate of drug-likeness (QED) is 0.198. The Labute approximate surface area is 315 Å². The first kappa shape index (κ1) is 39.3. The number of nitrogens with one attached hydrogen (secondary N) is 3. The molecule has 1 saturated carbocycles. The summed E-state index contributed by atoms with van der Waals surface area (Å²) in [5, 5.41) is 28.2. The summed E-state index contributed by atoms with van der Waals surface area (Å²) in [6, 6.07) is 6.54. The van der Waals surface area contributed by atoms with Crippen LogP contribution in [0, 0.1) is 5.92 Å². The van der Waals surface area contributed by atoms with Crippen molar-refractivity contribution in [2.45, 2.75) is 119 Å². The highest BCUT2D eigenvalue weighted by Gasteiger charge is 2.50. The molecular weight excluding hydrogens is 696 g/mol. The molecule has 4 heterocycles. The third-order valence-electron chi connectivity index (χ3n) is 11.7. The predicted molar refractivity (Wildman–Crippen MR) is 194 cm³/mol. The van der Waals surface area contributed by atoms with Crippen LogP contribution < -0.4 is 21.7 Å². The van der Waals surface area contributed by atoms with Gasteiger partial charge in [0.2, 0.25) is 17.6 Å². The third-order valence-corrected chi connectivity index (χ3v) is 11.7. The van der Waals surface area contributed by atoms with Crippen LogP contribution in [-0.4, -0.2) is 105 Å². The van der Waals surface area contributed by atoms with Crippen molar-refractivity contribution >= 4 is 29.5 Å². The maximum absolute atomic E-state index is 15.0. The number of Topliss-reactive ketones (excluding diaryl/α,β-unsaturated/α-hetero) is 1. The van der Waals surface area contributed by atoms with Crippen LogP contribution in [0.5, 0.6) is 0 Å². The van der Waals surface area contributed by atoms with Crippen molar-refractivity contribution in [3.05, 3.63) is 47.8 Å². The normalized spacial score (nSPS) is 23.6. The third kappa shape index (κ3) is 8.60. The first-order chi connectivity index (χ1) is 25.8. The van der Waals surface area contributed by atoms with E-state index in [-0.39, 0.29) is 44.9 Å². The van der Waals surface area contributed by atoms with Gasteiger partial charge in [0.1, 0.15) is 23.2 Å². The number of amides is 5. The number of likely N-dealkylation sites (tertiary alicyclic amines) is 1. The van der Waals surface area contributed by atoms with Crippen molar-refractivity contribution in [1.29, 1.82) is 0 Å². The first-order valence-corrected chi connectivity index (χ1v) is 19.2. The first-order valence-electron chi connectivity index (χ1n) is 19.2. The minimum absolute atomic E-state index is 0.0129. The fraction of sp³-hybridized carbons (Fsp3) is 0.658. The molecule has 1 aliphatic carbocycles. The monoisotopic (exact) mass is 750 g/mol. The van der Waals surface area contributed by atoms with E-state index in [0.29, 0.717) is 38.2 Å². The zero-order valence-corrected chi connectivity index (χ0v) is 31.3. The molecule has 294 valence electrons. The van der Waals surface area contributed by atoms with E-state index >= 15 is 0 Å². The highest BCUT2D eigenvalue weighted by Crippen LogP contribution is 2.35. The molecule has 6 N–H and O–H groups in total. The predicted octanol–water partition coefficient (Wildman–Crippen LogP) is 1.71. The number of rotatable bonds is 12. The number of carbonyl (C=O) groups excluding carboxylic acids is 5. The molecular formula is C38H54N8O8. The lowest BCUT2D eigenvalue weighted by atomic mass is 9.82. The molecule has 5 amide bonds. The molecule has 4 aliphatic rings. The van der Waals surface area contributed by atoms with Gasteiger partial charge in [0.15, 0.2) is 0 Å². The van der Waals surface area contributed by atoms with Crippen LogP contribution in [0.3, 0.4) is 0 Å². The number of aromatic nitrogens is 3. The molecule has 54 heavy (non-hydrogen) atoms. The van der Waals surface area contributed by atoms with Gasteiger partial charge in [-0.2, -0.15) is 0 Å². The van der Waals surface area contributed by atoms with E-state index in [4.69, 9.17) is 15.2 Å². The maximum Gasteiger partial charge on any atom is 0.316 e. The second-order valence-corrected chi connectivity index (χ2v) is 15.8. The topological polar surface area (TPSA) is 220 Å². The summed E-state index contributed by atoms with van der Waals surface area (Å²) in [6.45, 7) is 4.39. The second kappa shape index (κ2) is 16.5. The summed E-state index contributed by atoms with van der Waals surface area (Å²) in [6.07, 6.45) is 8.07. The summed E-state index contributed by atoms with van der Waals surface area (Å²) < 4.78 is 12.6. The van der Waals surface area contributed by atoms with Crippen LogP contribution >= 0.6 is 0 Å². The fourth-order valence-corrected chi connectivity index (χ4v) is 8.67. The molecule has 3 atom stereocenters. The Balaban J connectivity index is 1.31. The van der Waals surface area contributed by atoms with E-state index in [1.807, 2.05) is 30.3 Å². The minimum Gasteiger partial charge on any atom is -0.384 e. The van der Waals surface area contributed by atoms with E-state index in [2.05, 4.69) is 26.3 Å². The number of carbonyl (C=O) groups is 5. The Kier molecular flexibility index (Phi) is 12.0. The van der Waals surface area contributed by atoms with Gasteiger partial charge in [-0.3, -0.25) is 19.2 Å². The molecule has 6 rings (SSSR count). The molecule has 0 bridgehead atoms. The number of ketones is 1. The van der Waals surface area contributed by atoms with Gasteiger partial charge < -0.3 is 41.2 Å². The number of primary amides is 1. The van der Waals surface area contributed by atoms with Crippen molar-refractivity contribution in [2.75, 3.05) is 33.0 Å². The van der Waals surface area contributed by atoms with E-state index in [9.17, 15) is 29.1 Å². The van der Waals surface area contributed by atoms with E-state index in [1.54, 1.807) is 13.8 Å². The molecule has 16 nitrogen and oxygen atoms in total. The van der Waals surface area contributed by atoms with Gasteiger partial charge in [-0.25, -0.2) is 9.48 Å². The van der Waals surface area contributed by atoms with Crippen LogP contribution in [-0.2, 0) is 39.8 Å². The van der Waals surface area contributed by atoms with Gasteiger partial charge >= 0.3 is 6.03 Å². The van der Waals surface area contributed by atoms with Crippen molar-refractivity contribution in [3.8, 4) is 0 Å². The second-order valence-electron chi connectivity index (χ2n) is 15.8. The van der Waals surface area contributed by atoms with Crippen LogP contribution in [0.1, 0.15) is 102 Å². The molecule has 1 unspecified atom stereocenters. The molecule has 0 spiro atoms. The largest absolute Gasteiger partial charge is 0.384 e. The number of nitrogens with zero attached hydrogens (tertiary/aromatic N) is 4. The Morgan fingerprint density at radius 2 is 1.61 bits per heavy atom. The van der Waals surface area contributed by atoms with Crippen molar-refractivity contribution in [3.63, 3.8) is 0 Å². The molecule has 1 aromatic carbocycles. The smallest absolute Gasteiger partial charge is 0.316 e. The summed E-state index contributed by atoms with van der Waals surface area (Å²) in [4.78, 5) is 70.2. The van der Waals surface area contributed by atoms with Gasteiger partial charge in [-0.15, -0.1) is 5.10 Å². The lowest BCUT2D eigenvalue weighted by molar-refractivity contribution is -0.147. The number of hydrogen-bond donors (Lipinski definition) is 5. The lowest BCUT2D eigenvalue weighted by Gasteiger charge is -2.39. The molecule has 3 saturated heterocycles. The highest BCUT2D eigenvalue weighted by molar-refractivity contribution is 6.39. The Bertz CT molecular complexity index is 1660. The van der Waals surface area contributed by atoms with Gasteiger partial charge in [-0.1, -0.05) is 67.6 Å². The van der Waals surface area contributed by atoms with Gasteiger partial charge in [-0.05, 0) is 44.6 Å². The van der Waals surface area contributed by atoms with Gasteiger partial charge in [0.05, 0.1) is 23.5 Å². The van der Waals surface area contributed by atoms with Crippen molar-refractivity contribution in [1.82, 2.24) is 35.8 Å². The number of urea groups is 1. The average Bonchev–Trinajstić information content (AvgIpc) is 3.84. The number of nitrogens with two attached hydrogens (primary N) is 1. The number of hydrogen-bond acceptors (Lipinski definition) is 10. The van der Waals surface area contributed by atoms with Gasteiger partial charge in [0, 0.05) is 52.2 Å². The fourth-order valence-electron chi connectivity index (χ4n) is 8.67. The molecule has 1 aromatic heterocycles. The summed E-state index contributed by atoms with van der Waals surface area (Å²) in [5.74, 6) is -3.01. The molecule has 16 heteroatoms. The van der Waals surface area contributed by atoms with Crippen molar-refractivity contribution in [2.24, 2.45) is 11.7 Å². The minimum atomic E-state index is -1.59. The molecule has 0 radical (unpaired) electrons. The van der Waals surface area contributed by atoms with Crippen LogP contribution in [0.25, 0.3) is 0 Å². The Morgan fingerprint density at radius 1 is 0.963 bits per heavy atom.